The van der Waals surface area contributed by atoms with Crippen molar-refractivity contribution in [3.8, 4) is 0 Å². The van der Waals surface area contributed by atoms with E-state index in [1.807, 2.05) is 47.6 Å². The topological polar surface area (TPSA) is 133 Å². The minimum Gasteiger partial charge on any atom is -0.480 e. The van der Waals surface area contributed by atoms with E-state index in [1.54, 1.807) is 24.3 Å². The Labute approximate surface area is 206 Å². The SMILES string of the molecule is CC(C)(C)C1CCN(C(=O)CC[C@H](NC(=O)OCc2ccccc2)C(=O)O)[C@@]1(C(=O)O)C(C)(C)C. The van der Waals surface area contributed by atoms with Gasteiger partial charge in [-0.25, -0.2) is 14.4 Å². The molecule has 2 rings (SSSR count). The van der Waals surface area contributed by atoms with Crippen LogP contribution in [-0.4, -0.2) is 57.2 Å². The summed E-state index contributed by atoms with van der Waals surface area (Å²) in [5.74, 6) is -3.10. The van der Waals surface area contributed by atoms with Crippen LogP contribution in [0, 0.1) is 16.7 Å². The van der Waals surface area contributed by atoms with Crippen molar-refractivity contribution in [2.75, 3.05) is 6.54 Å². The highest BCUT2D eigenvalue weighted by Crippen LogP contribution is 2.54. The average molecular weight is 491 g/mol. The third-order valence-corrected chi connectivity index (χ3v) is 6.84. The van der Waals surface area contributed by atoms with Gasteiger partial charge in [-0.1, -0.05) is 71.9 Å². The number of carbonyl (C=O) groups excluding carboxylic acids is 2. The van der Waals surface area contributed by atoms with E-state index in [0.717, 1.165) is 5.56 Å². The highest BCUT2D eigenvalue weighted by Gasteiger charge is 2.65. The fraction of sp³-hybridized carbons (Fsp3) is 0.615. The van der Waals surface area contributed by atoms with Crippen molar-refractivity contribution in [1.29, 1.82) is 0 Å². The van der Waals surface area contributed by atoms with Gasteiger partial charge in [-0.2, -0.15) is 0 Å². The molecule has 0 spiro atoms. The van der Waals surface area contributed by atoms with Gasteiger partial charge in [0.15, 0.2) is 0 Å². The lowest BCUT2D eigenvalue weighted by Gasteiger charge is -2.51. The fourth-order valence-electron chi connectivity index (χ4n) is 5.29. The van der Waals surface area contributed by atoms with Crippen LogP contribution < -0.4 is 5.32 Å². The summed E-state index contributed by atoms with van der Waals surface area (Å²) < 4.78 is 5.09. The van der Waals surface area contributed by atoms with Crippen LogP contribution >= 0.6 is 0 Å². The largest absolute Gasteiger partial charge is 0.480 e. The van der Waals surface area contributed by atoms with Crippen LogP contribution in [0.15, 0.2) is 30.3 Å². The number of hydrogen-bond donors (Lipinski definition) is 3. The first-order chi connectivity index (χ1) is 16.1. The number of nitrogens with zero attached hydrogens (tertiary/aromatic N) is 1. The van der Waals surface area contributed by atoms with Crippen LogP contribution in [0.4, 0.5) is 4.79 Å². The second-order valence-electron chi connectivity index (χ2n) is 11.2. The summed E-state index contributed by atoms with van der Waals surface area (Å²) in [5, 5.41) is 22.3. The molecule has 1 aromatic carbocycles. The Bertz CT molecular complexity index is 933. The maximum atomic E-state index is 13.3. The number of amides is 2. The highest BCUT2D eigenvalue weighted by molar-refractivity contribution is 5.89. The van der Waals surface area contributed by atoms with Crippen LogP contribution in [0.2, 0.25) is 0 Å². The summed E-state index contributed by atoms with van der Waals surface area (Å²) in [7, 11) is 0. The molecular weight excluding hydrogens is 452 g/mol. The molecular formula is C26H38N2O7. The molecule has 1 fully saturated rings. The van der Waals surface area contributed by atoms with Crippen LogP contribution in [-0.2, 0) is 25.7 Å². The Morgan fingerprint density at radius 1 is 1.09 bits per heavy atom. The monoisotopic (exact) mass is 490 g/mol. The van der Waals surface area contributed by atoms with Gasteiger partial charge >= 0.3 is 18.0 Å². The Hall–Kier alpha value is -3.10. The maximum Gasteiger partial charge on any atom is 0.408 e. The highest BCUT2D eigenvalue weighted by atomic mass is 16.5. The van der Waals surface area contributed by atoms with Crippen molar-refractivity contribution in [1.82, 2.24) is 10.2 Å². The van der Waals surface area contributed by atoms with Gasteiger partial charge in [-0.3, -0.25) is 4.79 Å². The summed E-state index contributed by atoms with van der Waals surface area (Å²) in [6, 6.07) is 7.59. The molecule has 1 heterocycles. The van der Waals surface area contributed by atoms with Gasteiger partial charge in [0.2, 0.25) is 5.91 Å². The minimum atomic E-state index is -1.44. The minimum absolute atomic E-state index is 0.0212. The van der Waals surface area contributed by atoms with Crippen molar-refractivity contribution in [3.05, 3.63) is 35.9 Å². The standard InChI is InChI=1S/C26H38N2O7/c1-24(2,3)19-14-15-28(26(19,22(32)33)25(4,5)6)20(29)13-12-18(21(30)31)27-23(34)35-16-17-10-8-7-9-11-17/h7-11,18-19H,12-16H2,1-6H3,(H,27,34)(H,30,31)(H,32,33)/t18-,19?,26-/m0/s1. The molecule has 1 aromatic rings. The van der Waals surface area contributed by atoms with Crippen molar-refractivity contribution in [2.45, 2.75) is 79.0 Å². The van der Waals surface area contributed by atoms with Crippen molar-refractivity contribution in [3.63, 3.8) is 0 Å². The summed E-state index contributed by atoms with van der Waals surface area (Å²) >= 11 is 0. The van der Waals surface area contributed by atoms with Gasteiger partial charge in [0.05, 0.1) is 0 Å². The Morgan fingerprint density at radius 3 is 2.17 bits per heavy atom. The number of carbonyl (C=O) groups is 4. The number of alkyl carbamates (subject to hydrolysis) is 1. The van der Waals surface area contributed by atoms with Crippen molar-refractivity contribution in [2.24, 2.45) is 16.7 Å². The fourth-order valence-corrected chi connectivity index (χ4v) is 5.29. The predicted molar refractivity (Wildman–Crippen MR) is 130 cm³/mol. The number of carboxylic acid groups (broad SMARTS) is 2. The lowest BCUT2D eigenvalue weighted by atomic mass is 9.59. The Kier molecular flexibility index (Phi) is 8.57. The van der Waals surface area contributed by atoms with Gasteiger partial charge < -0.3 is 25.2 Å². The molecule has 0 saturated carbocycles. The smallest absolute Gasteiger partial charge is 0.408 e. The summed E-state index contributed by atoms with van der Waals surface area (Å²) in [5.41, 5.74) is -1.83. The number of rotatable bonds is 8. The summed E-state index contributed by atoms with van der Waals surface area (Å²) in [6.07, 6.45) is -0.786. The average Bonchev–Trinajstić information content (AvgIpc) is 3.18. The zero-order valence-corrected chi connectivity index (χ0v) is 21.5. The molecule has 1 aliphatic rings. The Morgan fingerprint density at radius 2 is 1.69 bits per heavy atom. The number of aliphatic carboxylic acids is 2. The molecule has 194 valence electrons. The number of ether oxygens (including phenoxy) is 1. The van der Waals surface area contributed by atoms with Gasteiger partial charge in [0, 0.05) is 18.9 Å². The second-order valence-corrected chi connectivity index (χ2v) is 11.2. The van der Waals surface area contributed by atoms with E-state index in [0.29, 0.717) is 6.42 Å². The molecule has 9 heteroatoms. The van der Waals surface area contributed by atoms with Gasteiger partial charge in [-0.15, -0.1) is 0 Å². The third-order valence-electron chi connectivity index (χ3n) is 6.84. The maximum absolute atomic E-state index is 13.3. The van der Waals surface area contributed by atoms with Crippen LogP contribution in [0.1, 0.15) is 66.4 Å². The molecule has 1 aliphatic heterocycles. The van der Waals surface area contributed by atoms with Crippen molar-refractivity contribution < 1.29 is 34.1 Å². The van der Waals surface area contributed by atoms with E-state index in [2.05, 4.69) is 5.32 Å². The lowest BCUT2D eigenvalue weighted by Crippen LogP contribution is -2.66. The van der Waals surface area contributed by atoms with Crippen LogP contribution in [0.3, 0.4) is 0 Å². The third kappa shape index (κ3) is 6.13. The van der Waals surface area contributed by atoms with E-state index >= 15 is 0 Å². The van der Waals surface area contributed by atoms with Crippen molar-refractivity contribution >= 4 is 23.9 Å². The first-order valence-electron chi connectivity index (χ1n) is 11.9. The molecule has 3 atom stereocenters. The first kappa shape index (κ1) is 28.1. The zero-order valence-electron chi connectivity index (χ0n) is 21.5. The van der Waals surface area contributed by atoms with Crippen LogP contribution in [0.25, 0.3) is 0 Å². The number of carboxylic acids is 2. The number of nitrogens with one attached hydrogen (secondary N) is 1. The molecule has 1 saturated heterocycles. The van der Waals surface area contributed by atoms with E-state index in [-0.39, 0.29) is 37.3 Å². The second kappa shape index (κ2) is 10.7. The molecule has 0 bridgehead atoms. The molecule has 9 nitrogen and oxygen atoms in total. The van der Waals surface area contributed by atoms with Gasteiger partial charge in [0.25, 0.3) is 0 Å². The molecule has 3 N–H and O–H groups in total. The number of likely N-dealkylation sites (tertiary alicyclic amines) is 1. The van der Waals surface area contributed by atoms with E-state index in [9.17, 15) is 29.4 Å². The molecule has 0 aliphatic carbocycles. The molecule has 0 aromatic heterocycles. The lowest BCUT2D eigenvalue weighted by molar-refractivity contribution is -0.172. The van der Waals surface area contributed by atoms with E-state index in [4.69, 9.17) is 4.74 Å². The normalized spacial score (nSPS) is 21.3. The van der Waals surface area contributed by atoms with Gasteiger partial charge in [0.1, 0.15) is 18.2 Å². The molecule has 2 amide bonds. The summed E-state index contributed by atoms with van der Waals surface area (Å²) in [4.78, 5) is 51.4. The predicted octanol–water partition coefficient (Wildman–Crippen LogP) is 3.91. The van der Waals surface area contributed by atoms with Crippen LogP contribution in [0.5, 0.6) is 0 Å². The van der Waals surface area contributed by atoms with E-state index in [1.165, 1.54) is 4.90 Å². The number of benzene rings is 1. The molecule has 0 radical (unpaired) electrons. The quantitative estimate of drug-likeness (QED) is 0.503. The number of hydrogen-bond acceptors (Lipinski definition) is 5. The summed E-state index contributed by atoms with van der Waals surface area (Å²) in [6.45, 7) is 11.6. The first-order valence-corrected chi connectivity index (χ1v) is 11.9. The van der Waals surface area contributed by atoms with Gasteiger partial charge in [-0.05, 0) is 29.2 Å². The Balaban J connectivity index is 2.13. The molecule has 35 heavy (non-hydrogen) atoms. The zero-order chi connectivity index (χ0) is 26.6. The van der Waals surface area contributed by atoms with E-state index < -0.39 is 40.9 Å². The molecule has 1 unspecified atom stereocenters.